The van der Waals surface area contributed by atoms with Gasteiger partial charge in [0.25, 0.3) is 5.91 Å². The molecule has 1 amide bonds. The fourth-order valence-electron chi connectivity index (χ4n) is 4.33. The molecule has 0 saturated carbocycles. The summed E-state index contributed by atoms with van der Waals surface area (Å²) in [5.74, 6) is -1.41. The summed E-state index contributed by atoms with van der Waals surface area (Å²) >= 11 is 0. The van der Waals surface area contributed by atoms with Crippen molar-refractivity contribution in [1.29, 1.82) is 5.41 Å². The highest BCUT2D eigenvalue weighted by atomic mass is 32.2. The number of nitrogens with one attached hydrogen (secondary N) is 2. The number of rotatable bonds is 8. The Morgan fingerprint density at radius 2 is 1.85 bits per heavy atom. The van der Waals surface area contributed by atoms with Crippen LogP contribution in [-0.4, -0.2) is 44.6 Å². The van der Waals surface area contributed by atoms with E-state index >= 15 is 0 Å². The van der Waals surface area contributed by atoms with E-state index in [4.69, 9.17) is 25.9 Å². The number of primary sulfonamides is 1. The van der Waals surface area contributed by atoms with Crippen LogP contribution in [0.25, 0.3) is 11.1 Å². The Morgan fingerprint density at radius 1 is 1.10 bits per heavy atom. The standard InChI is InChI=1S/C27H27N5O6S/c1-16-12-19(10-11-20(16)21-8-3-4-9-23(21)39(30,35)36)31-26(34)27(15-24(33)37-2)14-22(32-38-27)17-6-5-7-18(13-17)25(28)29/h3-13H,14-15H2,1-2H3,(H3,28,29)(H,31,34)(H2,30,35,36). The van der Waals surface area contributed by atoms with Crippen LogP contribution in [0.5, 0.6) is 0 Å². The van der Waals surface area contributed by atoms with Crippen LogP contribution in [0.3, 0.4) is 0 Å². The van der Waals surface area contributed by atoms with Gasteiger partial charge in [0.05, 0.1) is 24.1 Å². The first-order valence-electron chi connectivity index (χ1n) is 11.7. The summed E-state index contributed by atoms with van der Waals surface area (Å²) in [6.45, 7) is 1.77. The lowest BCUT2D eigenvalue weighted by Gasteiger charge is -2.24. The molecule has 1 atom stereocenters. The maximum atomic E-state index is 13.5. The van der Waals surface area contributed by atoms with Crippen molar-refractivity contribution in [3.05, 3.63) is 83.4 Å². The van der Waals surface area contributed by atoms with Gasteiger partial charge >= 0.3 is 5.97 Å². The number of amides is 1. The van der Waals surface area contributed by atoms with E-state index in [0.29, 0.717) is 39.2 Å². The summed E-state index contributed by atoms with van der Waals surface area (Å²) in [5, 5.41) is 19.9. The molecule has 3 aromatic rings. The summed E-state index contributed by atoms with van der Waals surface area (Å²) in [4.78, 5) is 31.4. The van der Waals surface area contributed by atoms with Gasteiger partial charge in [-0.15, -0.1) is 0 Å². The van der Waals surface area contributed by atoms with E-state index in [1.165, 1.54) is 13.2 Å². The minimum atomic E-state index is -3.96. The van der Waals surface area contributed by atoms with E-state index in [-0.39, 0.29) is 17.2 Å². The van der Waals surface area contributed by atoms with Crippen LogP contribution in [-0.2, 0) is 29.2 Å². The molecule has 1 heterocycles. The Balaban J connectivity index is 1.61. The molecule has 12 heteroatoms. The van der Waals surface area contributed by atoms with Gasteiger partial charge in [-0.1, -0.05) is 47.6 Å². The van der Waals surface area contributed by atoms with E-state index in [9.17, 15) is 18.0 Å². The quantitative estimate of drug-likeness (QED) is 0.189. The lowest BCUT2D eigenvalue weighted by atomic mass is 9.89. The largest absolute Gasteiger partial charge is 0.469 e. The minimum Gasteiger partial charge on any atom is -0.469 e. The molecule has 6 N–H and O–H groups in total. The summed E-state index contributed by atoms with van der Waals surface area (Å²) in [6.07, 6.45) is -0.429. The third-order valence-electron chi connectivity index (χ3n) is 6.33. The summed E-state index contributed by atoms with van der Waals surface area (Å²) in [7, 11) is -2.75. The number of carbonyl (C=O) groups is 2. The highest BCUT2D eigenvalue weighted by Crippen LogP contribution is 2.34. The van der Waals surface area contributed by atoms with Crippen molar-refractivity contribution in [2.75, 3.05) is 12.4 Å². The second-order valence-corrected chi connectivity index (χ2v) is 10.6. The number of esters is 1. The highest BCUT2D eigenvalue weighted by molar-refractivity contribution is 7.89. The number of sulfonamides is 1. The molecule has 0 fully saturated rings. The van der Waals surface area contributed by atoms with Crippen LogP contribution in [0.4, 0.5) is 5.69 Å². The maximum Gasteiger partial charge on any atom is 0.310 e. The number of ether oxygens (including phenoxy) is 1. The number of nitrogen functional groups attached to an aromatic ring is 1. The van der Waals surface area contributed by atoms with E-state index in [1.54, 1.807) is 67.6 Å². The Labute approximate surface area is 225 Å². The molecule has 0 aromatic heterocycles. The molecular weight excluding hydrogens is 522 g/mol. The molecule has 0 bridgehead atoms. The van der Waals surface area contributed by atoms with Gasteiger partial charge in [0.15, 0.2) is 0 Å². The molecule has 0 saturated heterocycles. The van der Waals surface area contributed by atoms with Crippen LogP contribution in [0.2, 0.25) is 0 Å². The fourth-order valence-corrected chi connectivity index (χ4v) is 5.08. The molecule has 202 valence electrons. The number of carbonyl (C=O) groups excluding carboxylic acids is 2. The molecule has 39 heavy (non-hydrogen) atoms. The number of hydrogen-bond acceptors (Lipinski definition) is 8. The van der Waals surface area contributed by atoms with Gasteiger partial charge in [-0.3, -0.25) is 15.0 Å². The number of aryl methyl sites for hydroxylation is 1. The zero-order valence-corrected chi connectivity index (χ0v) is 22.0. The van der Waals surface area contributed by atoms with Gasteiger partial charge < -0.3 is 20.6 Å². The third kappa shape index (κ3) is 5.81. The van der Waals surface area contributed by atoms with Gasteiger partial charge in [0.1, 0.15) is 5.84 Å². The van der Waals surface area contributed by atoms with Gasteiger partial charge in [-0.2, -0.15) is 0 Å². The number of benzene rings is 3. The molecule has 0 radical (unpaired) electrons. The van der Waals surface area contributed by atoms with Gasteiger partial charge in [-0.05, 0) is 42.3 Å². The van der Waals surface area contributed by atoms with Crippen molar-refractivity contribution in [2.45, 2.75) is 30.3 Å². The van der Waals surface area contributed by atoms with Gasteiger partial charge in [0, 0.05) is 28.8 Å². The van der Waals surface area contributed by atoms with E-state index in [1.807, 2.05) is 0 Å². The molecule has 3 aromatic carbocycles. The topological polar surface area (TPSA) is 187 Å². The molecule has 1 aliphatic heterocycles. The number of nitrogens with two attached hydrogens (primary N) is 2. The summed E-state index contributed by atoms with van der Waals surface area (Å²) in [6, 6.07) is 18.1. The van der Waals surface area contributed by atoms with Gasteiger partial charge in [0.2, 0.25) is 15.6 Å². The van der Waals surface area contributed by atoms with Crippen LogP contribution < -0.4 is 16.2 Å². The third-order valence-corrected chi connectivity index (χ3v) is 7.30. The lowest BCUT2D eigenvalue weighted by Crippen LogP contribution is -2.45. The number of amidine groups is 1. The number of hydrogen-bond donors (Lipinski definition) is 4. The van der Waals surface area contributed by atoms with Crippen molar-refractivity contribution in [3.8, 4) is 11.1 Å². The SMILES string of the molecule is COC(=O)CC1(C(=O)Nc2ccc(-c3ccccc3S(N)(=O)=O)c(C)c2)CC(c2cccc(C(=N)N)c2)=NO1. The van der Waals surface area contributed by atoms with Crippen molar-refractivity contribution in [3.63, 3.8) is 0 Å². The first-order chi connectivity index (χ1) is 18.4. The molecule has 1 aliphatic rings. The molecule has 4 rings (SSSR count). The molecule has 0 spiro atoms. The monoisotopic (exact) mass is 549 g/mol. The van der Waals surface area contributed by atoms with Gasteiger partial charge in [-0.25, -0.2) is 13.6 Å². The van der Waals surface area contributed by atoms with Crippen LogP contribution in [0.1, 0.15) is 29.5 Å². The van der Waals surface area contributed by atoms with Crippen molar-refractivity contribution < 1.29 is 27.6 Å². The predicted octanol–water partition coefficient (Wildman–Crippen LogP) is 2.66. The minimum absolute atomic E-state index is 0.0141. The maximum absolute atomic E-state index is 13.5. The molecule has 11 nitrogen and oxygen atoms in total. The number of anilines is 1. The fraction of sp³-hybridized carbons (Fsp3) is 0.185. The summed E-state index contributed by atoms with van der Waals surface area (Å²) < 4.78 is 28.9. The van der Waals surface area contributed by atoms with Crippen LogP contribution in [0, 0.1) is 12.3 Å². The Kier molecular flexibility index (Phi) is 7.52. The van der Waals surface area contributed by atoms with Crippen LogP contribution in [0.15, 0.2) is 76.8 Å². The smallest absolute Gasteiger partial charge is 0.310 e. The van der Waals surface area contributed by atoms with Crippen molar-refractivity contribution in [1.82, 2.24) is 0 Å². The number of oxime groups is 1. The lowest BCUT2D eigenvalue weighted by molar-refractivity contribution is -0.155. The zero-order chi connectivity index (χ0) is 28.4. The number of methoxy groups -OCH3 is 1. The second kappa shape index (κ2) is 10.7. The van der Waals surface area contributed by atoms with E-state index in [2.05, 4.69) is 10.5 Å². The average molecular weight is 550 g/mol. The molecule has 0 aliphatic carbocycles. The second-order valence-electron chi connectivity index (χ2n) is 9.07. The first kappa shape index (κ1) is 27.5. The zero-order valence-electron chi connectivity index (χ0n) is 21.2. The van der Waals surface area contributed by atoms with E-state index < -0.39 is 33.9 Å². The predicted molar refractivity (Wildman–Crippen MR) is 146 cm³/mol. The van der Waals surface area contributed by atoms with Crippen molar-refractivity contribution >= 4 is 39.1 Å². The van der Waals surface area contributed by atoms with E-state index in [0.717, 1.165) is 0 Å². The highest BCUT2D eigenvalue weighted by Gasteiger charge is 2.49. The Bertz CT molecular complexity index is 1620. The Morgan fingerprint density at radius 3 is 2.51 bits per heavy atom. The van der Waals surface area contributed by atoms with Crippen molar-refractivity contribution in [2.24, 2.45) is 16.0 Å². The number of nitrogens with zero attached hydrogens (tertiary/aromatic N) is 1. The van der Waals surface area contributed by atoms with Crippen LogP contribution >= 0.6 is 0 Å². The average Bonchev–Trinajstić information content (AvgIpc) is 3.33. The normalized spacial score (nSPS) is 16.6. The molecular formula is C27H27N5O6S. The summed E-state index contributed by atoms with van der Waals surface area (Å²) in [5.41, 5.74) is 7.52. The molecule has 1 unspecified atom stereocenters. The Hall–Kier alpha value is -4.55. The first-order valence-corrected chi connectivity index (χ1v) is 13.3.